The zero-order chi connectivity index (χ0) is 22.3. The molecule has 1 aromatic heterocycles. The lowest BCUT2D eigenvalue weighted by atomic mass is 10.1. The average Bonchev–Trinajstić information content (AvgIpc) is 3.10. The lowest BCUT2D eigenvalue weighted by molar-refractivity contribution is -0.159. The van der Waals surface area contributed by atoms with E-state index in [0.29, 0.717) is 30.9 Å². The largest absolute Gasteiger partial charge is 0.491 e. The molecule has 0 amide bonds. The molecule has 0 saturated heterocycles. The number of aryl methyl sites for hydroxylation is 2. The lowest BCUT2D eigenvalue weighted by Gasteiger charge is -2.11. The van der Waals surface area contributed by atoms with Crippen molar-refractivity contribution in [1.29, 1.82) is 0 Å². The number of para-hydroxylation sites is 1. The Labute approximate surface area is 173 Å². The molecule has 0 spiro atoms. The second-order valence-electron chi connectivity index (χ2n) is 6.59. The summed E-state index contributed by atoms with van der Waals surface area (Å²) in [6.45, 7) is 7.24. The predicted octanol–water partition coefficient (Wildman–Crippen LogP) is 3.48. The minimum atomic E-state index is -1.82. The molecule has 0 saturated carbocycles. The summed E-state index contributed by atoms with van der Waals surface area (Å²) in [5.74, 6) is -2.89. The summed E-state index contributed by atoms with van der Waals surface area (Å²) in [7, 11) is 0. The number of carboxylic acids is 2. The first-order valence-corrected chi connectivity index (χ1v) is 9.37. The van der Waals surface area contributed by atoms with Crippen LogP contribution in [0.5, 0.6) is 5.75 Å². The number of carbonyl (C=O) groups excluding carboxylic acids is 1. The first kappa shape index (κ1) is 22.6. The highest BCUT2D eigenvalue weighted by Crippen LogP contribution is 2.21. The molecule has 0 unspecified atom stereocenters. The minimum Gasteiger partial charge on any atom is -0.491 e. The molecule has 0 aliphatic rings. The molecule has 2 aromatic carbocycles. The van der Waals surface area contributed by atoms with Crippen LogP contribution in [-0.2, 0) is 16.1 Å². The number of benzene rings is 2. The normalized spacial score (nSPS) is 10.2. The standard InChI is InChI=1S/C20H22N2O2.C2H2O4/c1-4-19(23)16-7-5-6-8-20(16)24-10-9-22-13-21-17-11-14(2)15(3)12-18(17)22;3-1(4)2(5)6/h5-8,11-13H,4,9-10H2,1-3H3;(H,3,4)(H,5,6). The number of ketones is 1. The van der Waals surface area contributed by atoms with Gasteiger partial charge in [0.05, 0.1) is 29.5 Å². The van der Waals surface area contributed by atoms with Gasteiger partial charge in [-0.25, -0.2) is 14.6 Å². The van der Waals surface area contributed by atoms with Gasteiger partial charge >= 0.3 is 11.9 Å². The third-order valence-electron chi connectivity index (χ3n) is 4.52. The van der Waals surface area contributed by atoms with E-state index in [0.717, 1.165) is 11.0 Å². The number of imidazole rings is 1. The van der Waals surface area contributed by atoms with E-state index in [2.05, 4.69) is 35.5 Å². The zero-order valence-electron chi connectivity index (χ0n) is 17.1. The average molecular weight is 412 g/mol. The minimum absolute atomic E-state index is 0.102. The van der Waals surface area contributed by atoms with Crippen LogP contribution in [0.15, 0.2) is 42.7 Å². The van der Waals surface area contributed by atoms with Crippen molar-refractivity contribution in [2.45, 2.75) is 33.7 Å². The van der Waals surface area contributed by atoms with Crippen LogP contribution in [0.2, 0.25) is 0 Å². The van der Waals surface area contributed by atoms with Gasteiger partial charge in [0.1, 0.15) is 12.4 Å². The van der Waals surface area contributed by atoms with E-state index >= 15 is 0 Å². The molecule has 2 N–H and O–H groups in total. The molecular weight excluding hydrogens is 388 g/mol. The van der Waals surface area contributed by atoms with Crippen LogP contribution in [0.25, 0.3) is 11.0 Å². The maximum Gasteiger partial charge on any atom is 0.414 e. The molecule has 0 bridgehead atoms. The van der Waals surface area contributed by atoms with Crippen molar-refractivity contribution in [3.63, 3.8) is 0 Å². The Morgan fingerprint density at radius 2 is 1.67 bits per heavy atom. The van der Waals surface area contributed by atoms with Gasteiger partial charge in [0.25, 0.3) is 0 Å². The molecule has 1 heterocycles. The van der Waals surface area contributed by atoms with Gasteiger partial charge in [-0.15, -0.1) is 0 Å². The van der Waals surface area contributed by atoms with Crippen LogP contribution in [0.3, 0.4) is 0 Å². The molecule has 158 valence electrons. The van der Waals surface area contributed by atoms with Gasteiger partial charge in [0.15, 0.2) is 5.78 Å². The number of aliphatic carboxylic acids is 2. The first-order valence-electron chi connectivity index (χ1n) is 9.37. The van der Waals surface area contributed by atoms with Crippen molar-refractivity contribution in [1.82, 2.24) is 9.55 Å². The van der Waals surface area contributed by atoms with E-state index < -0.39 is 11.9 Å². The van der Waals surface area contributed by atoms with Crippen molar-refractivity contribution >= 4 is 28.8 Å². The van der Waals surface area contributed by atoms with Crippen LogP contribution in [-0.4, -0.2) is 44.1 Å². The first-order chi connectivity index (χ1) is 14.2. The number of fused-ring (bicyclic) bond motifs is 1. The lowest BCUT2D eigenvalue weighted by Crippen LogP contribution is -2.09. The smallest absolute Gasteiger partial charge is 0.414 e. The van der Waals surface area contributed by atoms with E-state index in [4.69, 9.17) is 24.5 Å². The van der Waals surface area contributed by atoms with E-state index in [-0.39, 0.29) is 5.78 Å². The van der Waals surface area contributed by atoms with Crippen LogP contribution in [0, 0.1) is 13.8 Å². The van der Waals surface area contributed by atoms with Gasteiger partial charge in [-0.05, 0) is 49.2 Å². The predicted molar refractivity (Wildman–Crippen MR) is 111 cm³/mol. The Morgan fingerprint density at radius 1 is 1.03 bits per heavy atom. The van der Waals surface area contributed by atoms with E-state index in [1.165, 1.54) is 11.1 Å². The van der Waals surface area contributed by atoms with E-state index in [1.54, 1.807) is 0 Å². The Bertz CT molecular complexity index is 1060. The number of carbonyl (C=O) groups is 3. The van der Waals surface area contributed by atoms with Crippen LogP contribution in [0.4, 0.5) is 0 Å². The Kier molecular flexibility index (Phi) is 7.69. The summed E-state index contributed by atoms with van der Waals surface area (Å²) >= 11 is 0. The number of nitrogens with zero attached hydrogens (tertiary/aromatic N) is 2. The second kappa shape index (κ2) is 10.2. The number of ether oxygens (including phenoxy) is 1. The summed E-state index contributed by atoms with van der Waals surface area (Å²) in [4.78, 5) is 34.6. The monoisotopic (exact) mass is 412 g/mol. The summed E-state index contributed by atoms with van der Waals surface area (Å²) in [6, 6.07) is 11.7. The van der Waals surface area contributed by atoms with Crippen molar-refractivity contribution in [2.24, 2.45) is 0 Å². The fourth-order valence-electron chi connectivity index (χ4n) is 2.76. The zero-order valence-corrected chi connectivity index (χ0v) is 17.1. The van der Waals surface area contributed by atoms with Gasteiger partial charge in [-0.2, -0.15) is 0 Å². The van der Waals surface area contributed by atoms with Gasteiger partial charge in [0.2, 0.25) is 0 Å². The highest BCUT2D eigenvalue weighted by atomic mass is 16.5. The fraction of sp³-hybridized carbons (Fsp3) is 0.273. The topological polar surface area (TPSA) is 119 Å². The highest BCUT2D eigenvalue weighted by molar-refractivity contribution is 6.27. The Morgan fingerprint density at radius 3 is 2.30 bits per heavy atom. The molecule has 3 aromatic rings. The SMILES string of the molecule is CCC(=O)c1ccccc1OCCn1cnc2cc(C)c(C)cc21.O=C(O)C(=O)O. The van der Waals surface area contributed by atoms with Crippen LogP contribution >= 0.6 is 0 Å². The summed E-state index contributed by atoms with van der Waals surface area (Å²) < 4.78 is 7.96. The fourth-order valence-corrected chi connectivity index (χ4v) is 2.76. The number of hydrogen-bond acceptors (Lipinski definition) is 5. The Hall–Kier alpha value is -3.68. The van der Waals surface area contributed by atoms with Crippen LogP contribution in [0.1, 0.15) is 34.8 Å². The quantitative estimate of drug-likeness (QED) is 0.470. The van der Waals surface area contributed by atoms with E-state index in [1.807, 2.05) is 37.5 Å². The van der Waals surface area contributed by atoms with Crippen molar-refractivity contribution < 1.29 is 29.3 Å². The summed E-state index contributed by atoms with van der Waals surface area (Å²) in [5, 5.41) is 14.8. The van der Waals surface area contributed by atoms with Crippen LogP contribution < -0.4 is 4.74 Å². The summed E-state index contributed by atoms with van der Waals surface area (Å²) in [5.41, 5.74) is 5.27. The molecule has 0 radical (unpaired) electrons. The number of carboxylic acid groups (broad SMARTS) is 2. The third-order valence-corrected chi connectivity index (χ3v) is 4.52. The molecule has 0 fully saturated rings. The molecule has 3 rings (SSSR count). The maximum atomic E-state index is 12.0. The third kappa shape index (κ3) is 5.66. The van der Waals surface area contributed by atoms with E-state index in [9.17, 15) is 4.79 Å². The maximum absolute atomic E-state index is 12.0. The van der Waals surface area contributed by atoms with Crippen molar-refractivity contribution in [3.8, 4) is 5.75 Å². The molecule has 8 nitrogen and oxygen atoms in total. The van der Waals surface area contributed by atoms with Crippen molar-refractivity contribution in [3.05, 3.63) is 59.4 Å². The Balaban J connectivity index is 0.000000469. The molecule has 0 atom stereocenters. The van der Waals surface area contributed by atoms with Gasteiger partial charge in [-0.3, -0.25) is 4.79 Å². The molecular formula is C22H24N2O6. The van der Waals surface area contributed by atoms with Gasteiger partial charge in [-0.1, -0.05) is 19.1 Å². The molecule has 30 heavy (non-hydrogen) atoms. The molecule has 0 aliphatic carbocycles. The highest BCUT2D eigenvalue weighted by Gasteiger charge is 2.10. The molecule has 0 aliphatic heterocycles. The molecule has 8 heteroatoms. The van der Waals surface area contributed by atoms with Gasteiger partial charge in [0, 0.05) is 6.42 Å². The number of Topliss-reactive ketones (excluding diaryl/α,β-unsaturated/α-hetero) is 1. The summed E-state index contributed by atoms with van der Waals surface area (Å²) in [6.07, 6.45) is 2.32. The number of aromatic nitrogens is 2. The number of hydrogen-bond donors (Lipinski definition) is 2. The number of rotatable bonds is 6. The second-order valence-corrected chi connectivity index (χ2v) is 6.59. The van der Waals surface area contributed by atoms with Crippen molar-refractivity contribution in [2.75, 3.05) is 6.61 Å². The van der Waals surface area contributed by atoms with Gasteiger partial charge < -0.3 is 19.5 Å².